The van der Waals surface area contributed by atoms with E-state index in [0.29, 0.717) is 5.92 Å². The molecule has 27 heavy (non-hydrogen) atoms. The Labute approximate surface area is 154 Å². The predicted octanol–water partition coefficient (Wildman–Crippen LogP) is 2.17. The van der Waals surface area contributed by atoms with Crippen molar-refractivity contribution in [3.05, 3.63) is 41.5 Å². The third-order valence-electron chi connectivity index (χ3n) is 4.33. The van der Waals surface area contributed by atoms with Crippen LogP contribution in [0.2, 0.25) is 0 Å². The van der Waals surface area contributed by atoms with Crippen molar-refractivity contribution in [2.24, 2.45) is 0 Å². The molecule has 148 valence electrons. The van der Waals surface area contributed by atoms with Crippen LogP contribution in [-0.2, 0) is 9.59 Å². The van der Waals surface area contributed by atoms with Gasteiger partial charge in [-0.25, -0.2) is 4.79 Å². The molecule has 0 aromatic heterocycles. The van der Waals surface area contributed by atoms with E-state index < -0.39 is 12.1 Å². The summed E-state index contributed by atoms with van der Waals surface area (Å²) in [4.78, 5) is 22.9. The molecule has 0 radical (unpaired) electrons. The lowest BCUT2D eigenvalue weighted by Gasteiger charge is -2.39. The van der Waals surface area contributed by atoms with Crippen molar-refractivity contribution in [3.63, 3.8) is 0 Å². The summed E-state index contributed by atoms with van der Waals surface area (Å²) in [6.45, 7) is 3.50. The highest BCUT2D eigenvalue weighted by Crippen LogP contribution is 2.28. The van der Waals surface area contributed by atoms with Crippen molar-refractivity contribution in [1.29, 1.82) is 0 Å². The van der Waals surface area contributed by atoms with Crippen LogP contribution in [0.15, 0.2) is 35.9 Å². The monoisotopic (exact) mass is 386 g/mol. The second-order valence-corrected chi connectivity index (χ2v) is 6.25. The molecule has 2 aliphatic rings. The molecule has 2 heterocycles. The summed E-state index contributed by atoms with van der Waals surface area (Å²) in [5.74, 6) is -1.26. The minimum atomic E-state index is -5.08. The summed E-state index contributed by atoms with van der Waals surface area (Å²) in [5, 5.41) is 10.4. The minimum Gasteiger partial charge on any atom is -0.497 e. The number of nitrogens with one attached hydrogen (secondary N) is 1. The van der Waals surface area contributed by atoms with Gasteiger partial charge in [0.25, 0.3) is 0 Å². The van der Waals surface area contributed by atoms with E-state index in [2.05, 4.69) is 17.4 Å². The van der Waals surface area contributed by atoms with E-state index in [1.165, 1.54) is 11.1 Å². The van der Waals surface area contributed by atoms with Gasteiger partial charge >= 0.3 is 12.1 Å². The van der Waals surface area contributed by atoms with Gasteiger partial charge in [-0.15, -0.1) is 0 Å². The highest BCUT2D eigenvalue weighted by molar-refractivity contribution is 5.89. The number of carbonyl (C=O) groups is 2. The van der Waals surface area contributed by atoms with E-state index in [-0.39, 0.29) is 5.91 Å². The van der Waals surface area contributed by atoms with Gasteiger partial charge in [0.2, 0.25) is 5.91 Å². The molecule has 0 unspecified atom stereocenters. The van der Waals surface area contributed by atoms with Crippen LogP contribution in [0.5, 0.6) is 5.75 Å². The standard InChI is InChI=1S/C16H20N2O2.C2HF3O2/c1-20-15-4-2-13(3-5-15)14-10-18(11-14)16(19)8-12-6-7-17-9-12;3-2(4,5)1(6)7/h2-5,8,14,17H,6-7,9-11H2,1H3;(H,6,7). The zero-order chi connectivity index (χ0) is 20.0. The fraction of sp³-hybridized carbons (Fsp3) is 0.444. The van der Waals surface area contributed by atoms with Crippen molar-refractivity contribution >= 4 is 11.9 Å². The molecular weight excluding hydrogens is 365 g/mol. The molecule has 2 N–H and O–H groups in total. The first kappa shape index (κ1) is 20.8. The van der Waals surface area contributed by atoms with Gasteiger partial charge in [0, 0.05) is 31.6 Å². The van der Waals surface area contributed by atoms with E-state index in [4.69, 9.17) is 14.6 Å². The number of likely N-dealkylation sites (tertiary alicyclic amines) is 1. The topological polar surface area (TPSA) is 78.9 Å². The summed E-state index contributed by atoms with van der Waals surface area (Å²) in [5.41, 5.74) is 2.51. The van der Waals surface area contributed by atoms with Crippen molar-refractivity contribution in [2.75, 3.05) is 33.3 Å². The van der Waals surface area contributed by atoms with E-state index in [1.54, 1.807) is 7.11 Å². The van der Waals surface area contributed by atoms with Gasteiger partial charge < -0.3 is 20.1 Å². The fourth-order valence-electron chi connectivity index (χ4n) is 2.72. The smallest absolute Gasteiger partial charge is 0.490 e. The van der Waals surface area contributed by atoms with Gasteiger partial charge in [-0.2, -0.15) is 13.2 Å². The lowest BCUT2D eigenvalue weighted by Crippen LogP contribution is -2.47. The Balaban J connectivity index is 0.000000321. The average molecular weight is 386 g/mol. The van der Waals surface area contributed by atoms with Gasteiger partial charge in [-0.05, 0) is 36.2 Å². The van der Waals surface area contributed by atoms with Crippen LogP contribution in [0.25, 0.3) is 0 Å². The Morgan fingerprint density at radius 1 is 1.26 bits per heavy atom. The number of carboxylic acids is 1. The number of methoxy groups -OCH3 is 1. The molecule has 0 bridgehead atoms. The molecule has 1 aromatic carbocycles. The van der Waals surface area contributed by atoms with Crippen LogP contribution in [-0.4, -0.2) is 61.3 Å². The lowest BCUT2D eigenvalue weighted by molar-refractivity contribution is -0.192. The molecule has 1 amide bonds. The summed E-state index contributed by atoms with van der Waals surface area (Å²) in [7, 11) is 1.67. The van der Waals surface area contributed by atoms with Crippen LogP contribution < -0.4 is 10.1 Å². The first-order valence-electron chi connectivity index (χ1n) is 8.34. The quantitative estimate of drug-likeness (QED) is 0.779. The highest BCUT2D eigenvalue weighted by Gasteiger charge is 2.38. The summed E-state index contributed by atoms with van der Waals surface area (Å²) in [6.07, 6.45) is -2.27. The summed E-state index contributed by atoms with van der Waals surface area (Å²) < 4.78 is 36.9. The van der Waals surface area contributed by atoms with Crippen LogP contribution in [0, 0.1) is 0 Å². The maximum atomic E-state index is 12.1. The number of carbonyl (C=O) groups excluding carboxylic acids is 1. The molecule has 1 aromatic rings. The number of aliphatic carboxylic acids is 1. The fourth-order valence-corrected chi connectivity index (χ4v) is 2.72. The molecular formula is C18H21F3N2O4. The number of alkyl halides is 3. The Morgan fingerprint density at radius 2 is 1.85 bits per heavy atom. The number of amides is 1. The Bertz CT molecular complexity index is 688. The van der Waals surface area contributed by atoms with E-state index >= 15 is 0 Å². The molecule has 0 atom stereocenters. The first-order chi connectivity index (χ1) is 12.7. The van der Waals surface area contributed by atoms with Gasteiger partial charge in [0.1, 0.15) is 5.75 Å². The maximum Gasteiger partial charge on any atom is 0.490 e. The van der Waals surface area contributed by atoms with Crippen molar-refractivity contribution in [2.45, 2.75) is 18.5 Å². The van der Waals surface area contributed by atoms with Crippen LogP contribution in [0.4, 0.5) is 13.2 Å². The molecule has 0 saturated carbocycles. The number of carboxylic acid groups (broad SMARTS) is 1. The number of halogens is 3. The second-order valence-electron chi connectivity index (χ2n) is 6.25. The van der Waals surface area contributed by atoms with E-state index in [0.717, 1.165) is 38.3 Å². The molecule has 2 fully saturated rings. The molecule has 0 spiro atoms. The molecule has 9 heteroatoms. The van der Waals surface area contributed by atoms with Gasteiger partial charge in [-0.3, -0.25) is 4.79 Å². The van der Waals surface area contributed by atoms with Gasteiger partial charge in [0.15, 0.2) is 0 Å². The van der Waals surface area contributed by atoms with Crippen LogP contribution >= 0.6 is 0 Å². The third-order valence-corrected chi connectivity index (χ3v) is 4.33. The number of hydrogen-bond acceptors (Lipinski definition) is 4. The summed E-state index contributed by atoms with van der Waals surface area (Å²) in [6, 6.07) is 8.13. The minimum absolute atomic E-state index is 0.161. The normalized spacial score (nSPS) is 18.5. The zero-order valence-corrected chi connectivity index (χ0v) is 14.8. The highest BCUT2D eigenvalue weighted by atomic mass is 19.4. The van der Waals surface area contributed by atoms with Gasteiger partial charge in [0.05, 0.1) is 7.11 Å². The van der Waals surface area contributed by atoms with E-state index in [1.807, 2.05) is 23.1 Å². The molecule has 6 nitrogen and oxygen atoms in total. The van der Waals surface area contributed by atoms with Crippen molar-refractivity contribution in [3.8, 4) is 5.75 Å². The number of rotatable bonds is 3. The molecule has 3 rings (SSSR count). The maximum absolute atomic E-state index is 12.1. The molecule has 2 saturated heterocycles. The Hall–Kier alpha value is -2.55. The third kappa shape index (κ3) is 5.99. The average Bonchev–Trinajstić information content (AvgIpc) is 3.06. The van der Waals surface area contributed by atoms with Gasteiger partial charge in [-0.1, -0.05) is 12.1 Å². The zero-order valence-electron chi connectivity index (χ0n) is 14.8. The first-order valence-corrected chi connectivity index (χ1v) is 8.34. The lowest BCUT2D eigenvalue weighted by atomic mass is 9.91. The molecule has 0 aliphatic carbocycles. The largest absolute Gasteiger partial charge is 0.497 e. The number of benzene rings is 1. The SMILES string of the molecule is COc1ccc(C2CN(C(=O)C=C3CCNC3)C2)cc1.O=C(O)C(F)(F)F. The van der Waals surface area contributed by atoms with E-state index in [9.17, 15) is 18.0 Å². The Morgan fingerprint density at radius 3 is 2.30 bits per heavy atom. The number of nitrogens with zero attached hydrogens (tertiary/aromatic N) is 1. The number of ether oxygens (including phenoxy) is 1. The molecule has 2 aliphatic heterocycles. The predicted molar refractivity (Wildman–Crippen MR) is 91.6 cm³/mol. The van der Waals surface area contributed by atoms with Crippen molar-refractivity contribution in [1.82, 2.24) is 10.2 Å². The summed E-state index contributed by atoms with van der Waals surface area (Å²) >= 11 is 0. The Kier molecular flexibility index (Phi) is 6.84. The van der Waals surface area contributed by atoms with Crippen molar-refractivity contribution < 1.29 is 32.6 Å². The number of hydrogen-bond donors (Lipinski definition) is 2. The van der Waals surface area contributed by atoms with Crippen LogP contribution in [0.3, 0.4) is 0 Å². The second kappa shape index (κ2) is 8.90. The van der Waals surface area contributed by atoms with Crippen LogP contribution in [0.1, 0.15) is 17.9 Å².